The van der Waals surface area contributed by atoms with E-state index in [1.54, 1.807) is 0 Å². The zero-order valence-electron chi connectivity index (χ0n) is 14.5. The summed E-state index contributed by atoms with van der Waals surface area (Å²) in [5.74, 6) is 1.02. The average molecular weight is 325 g/mol. The summed E-state index contributed by atoms with van der Waals surface area (Å²) in [7, 11) is 1.89. The van der Waals surface area contributed by atoms with Crippen LogP contribution >= 0.6 is 0 Å². The first-order valence-electron chi connectivity index (χ1n) is 9.16. The van der Waals surface area contributed by atoms with E-state index < -0.39 is 0 Å². The van der Waals surface area contributed by atoms with Crippen molar-refractivity contribution in [3.63, 3.8) is 0 Å². The Balaban J connectivity index is 1.39. The molecule has 0 aromatic carbocycles. The summed E-state index contributed by atoms with van der Waals surface area (Å²) >= 11 is 0. The summed E-state index contributed by atoms with van der Waals surface area (Å²) in [6, 6.07) is 6.08. The van der Waals surface area contributed by atoms with Crippen molar-refractivity contribution in [2.75, 3.05) is 20.1 Å². The predicted octanol–water partition coefficient (Wildman–Crippen LogP) is 3.07. The lowest BCUT2D eigenvalue weighted by Gasteiger charge is -2.33. The first kappa shape index (κ1) is 15.5. The van der Waals surface area contributed by atoms with E-state index in [0.29, 0.717) is 5.41 Å². The maximum Gasteiger partial charge on any atom is 0.193 e. The number of hydrogen-bond donors (Lipinski definition) is 1. The van der Waals surface area contributed by atoms with Gasteiger partial charge in [-0.1, -0.05) is 25.3 Å². The zero-order valence-corrected chi connectivity index (χ0v) is 14.5. The molecular weight excluding hydrogens is 298 g/mol. The van der Waals surface area contributed by atoms with Gasteiger partial charge in [0.2, 0.25) is 0 Å². The third kappa shape index (κ3) is 2.99. The van der Waals surface area contributed by atoms with Gasteiger partial charge in [-0.25, -0.2) is 4.98 Å². The molecule has 2 aromatic rings. The lowest BCUT2D eigenvalue weighted by molar-refractivity contribution is 0.203. The highest BCUT2D eigenvalue weighted by molar-refractivity contribution is 5.80. The van der Waals surface area contributed by atoms with Crippen LogP contribution in [-0.4, -0.2) is 40.4 Å². The molecule has 1 saturated carbocycles. The predicted molar refractivity (Wildman–Crippen MR) is 97.1 cm³/mol. The Morgan fingerprint density at radius 3 is 2.92 bits per heavy atom. The number of imidazole rings is 1. The van der Waals surface area contributed by atoms with Crippen molar-refractivity contribution in [3.8, 4) is 0 Å². The second-order valence-electron chi connectivity index (χ2n) is 7.33. The van der Waals surface area contributed by atoms with Gasteiger partial charge < -0.3 is 14.6 Å². The second-order valence-corrected chi connectivity index (χ2v) is 7.33. The average Bonchev–Trinajstić information content (AvgIpc) is 3.20. The number of likely N-dealkylation sites (tertiary alicyclic amines) is 1. The molecule has 24 heavy (non-hydrogen) atoms. The molecule has 5 nitrogen and oxygen atoms in total. The van der Waals surface area contributed by atoms with Gasteiger partial charge in [0.25, 0.3) is 0 Å². The van der Waals surface area contributed by atoms with Crippen LogP contribution in [0.4, 0.5) is 0 Å². The van der Waals surface area contributed by atoms with E-state index >= 15 is 0 Å². The minimum atomic E-state index is 0.555. The molecule has 1 N–H and O–H groups in total. The minimum absolute atomic E-state index is 0.555. The maximum atomic E-state index is 4.66. The molecule has 1 aliphatic heterocycles. The van der Waals surface area contributed by atoms with Crippen molar-refractivity contribution < 1.29 is 0 Å². The molecule has 1 saturated heterocycles. The molecule has 0 unspecified atom stereocenters. The van der Waals surface area contributed by atoms with Gasteiger partial charge in [0.05, 0.1) is 12.2 Å². The Bertz CT molecular complexity index is 693. The van der Waals surface area contributed by atoms with Crippen molar-refractivity contribution in [1.82, 2.24) is 19.6 Å². The summed E-state index contributed by atoms with van der Waals surface area (Å²) in [6.45, 7) is 3.01. The Morgan fingerprint density at radius 2 is 2.12 bits per heavy atom. The topological polar surface area (TPSA) is 44.9 Å². The lowest BCUT2D eigenvalue weighted by atomic mass is 9.73. The van der Waals surface area contributed by atoms with E-state index in [2.05, 4.69) is 30.8 Å². The summed E-state index contributed by atoms with van der Waals surface area (Å²) in [6.07, 6.45) is 12.5. The summed E-state index contributed by atoms with van der Waals surface area (Å²) in [5.41, 5.74) is 2.60. The Kier molecular flexibility index (Phi) is 4.17. The van der Waals surface area contributed by atoms with Gasteiger partial charge in [0.1, 0.15) is 5.65 Å². The summed E-state index contributed by atoms with van der Waals surface area (Å²) in [5, 5.41) is 3.51. The van der Waals surface area contributed by atoms with Crippen LogP contribution in [0.5, 0.6) is 0 Å². The van der Waals surface area contributed by atoms with Crippen molar-refractivity contribution in [3.05, 3.63) is 36.3 Å². The molecule has 5 heteroatoms. The molecule has 1 spiro atoms. The molecule has 0 atom stereocenters. The number of aromatic nitrogens is 2. The third-order valence-electron chi connectivity index (χ3n) is 5.71. The molecule has 3 heterocycles. The number of hydrogen-bond acceptors (Lipinski definition) is 2. The number of aliphatic imine (C=N–C) groups is 1. The number of guanidine groups is 1. The Labute approximate surface area is 143 Å². The first-order valence-corrected chi connectivity index (χ1v) is 9.16. The van der Waals surface area contributed by atoms with Gasteiger partial charge in [0, 0.05) is 32.5 Å². The molecule has 2 fully saturated rings. The third-order valence-corrected chi connectivity index (χ3v) is 5.71. The molecule has 4 rings (SSSR count). The Morgan fingerprint density at radius 1 is 1.25 bits per heavy atom. The number of pyridine rings is 1. The number of nitrogens with one attached hydrogen (secondary N) is 1. The standard InChI is InChI=1S/C19H27N5/c1-20-18(24-12-10-19(15-24)8-4-2-5-9-19)21-13-16-14-23-11-6-3-7-17(23)22-16/h3,6-7,11,14H,2,4-5,8-10,12-13,15H2,1H3,(H,20,21). The number of nitrogens with zero attached hydrogens (tertiary/aromatic N) is 4. The van der Waals surface area contributed by atoms with Crippen LogP contribution in [0.3, 0.4) is 0 Å². The molecule has 2 aromatic heterocycles. The normalized spacial score (nSPS) is 20.9. The molecule has 2 aliphatic rings. The highest BCUT2D eigenvalue weighted by atomic mass is 15.3. The van der Waals surface area contributed by atoms with Gasteiger partial charge in [-0.05, 0) is 36.8 Å². The number of rotatable bonds is 2. The van der Waals surface area contributed by atoms with E-state index in [-0.39, 0.29) is 0 Å². The van der Waals surface area contributed by atoms with Crippen LogP contribution in [0.1, 0.15) is 44.2 Å². The summed E-state index contributed by atoms with van der Waals surface area (Å²) < 4.78 is 2.06. The monoisotopic (exact) mass is 325 g/mol. The fourth-order valence-electron chi connectivity index (χ4n) is 4.40. The van der Waals surface area contributed by atoms with Crippen LogP contribution in [0.2, 0.25) is 0 Å². The molecule has 128 valence electrons. The SMILES string of the molecule is CN=C(NCc1cn2ccccc2n1)N1CCC2(CCCCC2)C1. The lowest BCUT2D eigenvalue weighted by Crippen LogP contribution is -2.41. The van der Waals surface area contributed by atoms with E-state index in [0.717, 1.165) is 36.9 Å². The van der Waals surface area contributed by atoms with Crippen LogP contribution in [0.15, 0.2) is 35.6 Å². The van der Waals surface area contributed by atoms with Gasteiger partial charge in [-0.15, -0.1) is 0 Å². The van der Waals surface area contributed by atoms with Crippen LogP contribution in [-0.2, 0) is 6.54 Å². The highest BCUT2D eigenvalue weighted by Crippen LogP contribution is 2.43. The van der Waals surface area contributed by atoms with E-state index in [9.17, 15) is 0 Å². The smallest absolute Gasteiger partial charge is 0.193 e. The van der Waals surface area contributed by atoms with Gasteiger partial charge in [-0.2, -0.15) is 0 Å². The van der Waals surface area contributed by atoms with Crippen molar-refractivity contribution in [1.29, 1.82) is 0 Å². The van der Waals surface area contributed by atoms with Crippen LogP contribution in [0.25, 0.3) is 5.65 Å². The van der Waals surface area contributed by atoms with E-state index in [1.807, 2.05) is 31.4 Å². The van der Waals surface area contributed by atoms with E-state index in [4.69, 9.17) is 0 Å². The number of fused-ring (bicyclic) bond motifs is 1. The minimum Gasteiger partial charge on any atom is -0.351 e. The van der Waals surface area contributed by atoms with Gasteiger partial charge >= 0.3 is 0 Å². The molecule has 0 amide bonds. The van der Waals surface area contributed by atoms with Crippen molar-refractivity contribution in [2.24, 2.45) is 10.4 Å². The second kappa shape index (κ2) is 6.46. The zero-order chi connectivity index (χ0) is 16.4. The fourth-order valence-corrected chi connectivity index (χ4v) is 4.40. The van der Waals surface area contributed by atoms with Crippen LogP contribution < -0.4 is 5.32 Å². The fraction of sp³-hybridized carbons (Fsp3) is 0.579. The molecular formula is C19H27N5. The quantitative estimate of drug-likeness (QED) is 0.682. The van der Waals surface area contributed by atoms with Gasteiger partial charge in [-0.3, -0.25) is 4.99 Å². The van der Waals surface area contributed by atoms with Gasteiger partial charge in [0.15, 0.2) is 5.96 Å². The molecule has 1 aliphatic carbocycles. The van der Waals surface area contributed by atoms with Crippen molar-refractivity contribution in [2.45, 2.75) is 45.1 Å². The summed E-state index contributed by atoms with van der Waals surface area (Å²) in [4.78, 5) is 11.6. The molecule has 0 bridgehead atoms. The highest BCUT2D eigenvalue weighted by Gasteiger charge is 2.39. The van der Waals surface area contributed by atoms with E-state index in [1.165, 1.54) is 38.5 Å². The van der Waals surface area contributed by atoms with Crippen molar-refractivity contribution >= 4 is 11.6 Å². The first-order chi connectivity index (χ1) is 11.8. The Hall–Kier alpha value is -2.04. The largest absolute Gasteiger partial charge is 0.351 e. The molecule has 0 radical (unpaired) electrons. The maximum absolute atomic E-state index is 4.66. The van der Waals surface area contributed by atoms with Crippen LogP contribution in [0, 0.1) is 5.41 Å².